The molecule has 0 atom stereocenters. The minimum atomic E-state index is -0.319. The Hall–Kier alpha value is -2.14. The van der Waals surface area contributed by atoms with Gasteiger partial charge in [0.1, 0.15) is 10.9 Å². The van der Waals surface area contributed by atoms with Crippen molar-refractivity contribution in [1.82, 2.24) is 9.97 Å². The maximum absolute atomic E-state index is 12.0. The minimum absolute atomic E-state index is 0.164. The van der Waals surface area contributed by atoms with Crippen LogP contribution in [0.2, 0.25) is 5.15 Å². The number of methoxy groups -OCH3 is 1. The molecule has 2 aromatic rings. The molecule has 6 heteroatoms. The molecular weight excluding hydrogens is 266 g/mol. The SMILES string of the molecule is COc1cc(C(=O)Nc2nccc(Cl)n2)ccc1C. The first-order chi connectivity index (χ1) is 9.10. The third-order valence-corrected chi connectivity index (χ3v) is 2.73. The molecule has 0 bridgehead atoms. The summed E-state index contributed by atoms with van der Waals surface area (Å²) in [5.41, 5.74) is 1.42. The molecule has 0 saturated heterocycles. The standard InChI is InChI=1S/C13H12ClN3O2/c1-8-3-4-9(7-10(8)19-2)12(18)17-13-15-6-5-11(14)16-13/h3-7H,1-2H3,(H,15,16,17,18). The maximum Gasteiger partial charge on any atom is 0.258 e. The van der Waals surface area contributed by atoms with Crippen molar-refractivity contribution in [2.45, 2.75) is 6.92 Å². The molecule has 19 heavy (non-hydrogen) atoms. The number of nitrogens with zero attached hydrogens (tertiary/aromatic N) is 2. The second kappa shape index (κ2) is 5.67. The Morgan fingerprint density at radius 3 is 2.84 bits per heavy atom. The van der Waals surface area contributed by atoms with Crippen molar-refractivity contribution < 1.29 is 9.53 Å². The molecule has 5 nitrogen and oxygen atoms in total. The van der Waals surface area contributed by atoms with E-state index in [1.807, 2.05) is 13.0 Å². The fourth-order valence-corrected chi connectivity index (χ4v) is 1.67. The van der Waals surface area contributed by atoms with Crippen molar-refractivity contribution in [1.29, 1.82) is 0 Å². The number of nitrogens with one attached hydrogen (secondary N) is 1. The number of amides is 1. The molecule has 98 valence electrons. The molecular formula is C13H12ClN3O2. The first-order valence-corrected chi connectivity index (χ1v) is 5.92. The van der Waals surface area contributed by atoms with Gasteiger partial charge in [-0.3, -0.25) is 10.1 Å². The fraction of sp³-hybridized carbons (Fsp3) is 0.154. The van der Waals surface area contributed by atoms with Crippen LogP contribution in [0, 0.1) is 6.92 Å². The number of halogens is 1. The molecule has 0 aliphatic heterocycles. The molecule has 0 unspecified atom stereocenters. The third kappa shape index (κ3) is 3.20. The van der Waals surface area contributed by atoms with Crippen LogP contribution in [0.15, 0.2) is 30.5 Å². The lowest BCUT2D eigenvalue weighted by Gasteiger charge is -2.07. The number of anilines is 1. The van der Waals surface area contributed by atoms with Crippen molar-refractivity contribution in [2.75, 3.05) is 12.4 Å². The summed E-state index contributed by atoms with van der Waals surface area (Å²) in [7, 11) is 1.56. The number of carbonyl (C=O) groups is 1. The predicted octanol–water partition coefficient (Wildman–Crippen LogP) is 2.70. The van der Waals surface area contributed by atoms with Crippen LogP contribution >= 0.6 is 11.6 Å². The normalized spacial score (nSPS) is 10.1. The number of benzene rings is 1. The number of aromatic nitrogens is 2. The van der Waals surface area contributed by atoms with E-state index in [1.54, 1.807) is 19.2 Å². The second-order valence-corrected chi connectivity index (χ2v) is 4.23. The van der Waals surface area contributed by atoms with E-state index in [9.17, 15) is 4.79 Å². The summed E-state index contributed by atoms with van der Waals surface area (Å²) in [6.07, 6.45) is 1.47. The molecule has 1 amide bonds. The molecule has 0 fully saturated rings. The third-order valence-electron chi connectivity index (χ3n) is 2.52. The molecule has 1 aromatic carbocycles. The minimum Gasteiger partial charge on any atom is -0.496 e. The zero-order chi connectivity index (χ0) is 13.8. The van der Waals surface area contributed by atoms with E-state index in [0.29, 0.717) is 11.3 Å². The molecule has 0 aliphatic carbocycles. The number of rotatable bonds is 3. The summed E-state index contributed by atoms with van der Waals surface area (Å²) in [6, 6.07) is 6.71. The Labute approximate surface area is 115 Å². The van der Waals surface area contributed by atoms with Gasteiger partial charge in [-0.15, -0.1) is 0 Å². The average Bonchev–Trinajstić information content (AvgIpc) is 2.39. The highest BCUT2D eigenvalue weighted by molar-refractivity contribution is 6.29. The molecule has 0 spiro atoms. The molecule has 1 heterocycles. The van der Waals surface area contributed by atoms with E-state index in [-0.39, 0.29) is 17.0 Å². The van der Waals surface area contributed by atoms with Crippen LogP contribution < -0.4 is 10.1 Å². The van der Waals surface area contributed by atoms with Crippen molar-refractivity contribution in [3.8, 4) is 5.75 Å². The quantitative estimate of drug-likeness (QED) is 0.876. The Kier molecular flexibility index (Phi) is 3.97. The van der Waals surface area contributed by atoms with Crippen LogP contribution in [0.5, 0.6) is 5.75 Å². The largest absolute Gasteiger partial charge is 0.496 e. The van der Waals surface area contributed by atoms with Crippen LogP contribution in [0.25, 0.3) is 0 Å². The van der Waals surface area contributed by atoms with Gasteiger partial charge in [0.15, 0.2) is 0 Å². The van der Waals surface area contributed by atoms with Gasteiger partial charge in [-0.2, -0.15) is 0 Å². The Balaban J connectivity index is 2.20. The zero-order valence-electron chi connectivity index (χ0n) is 10.5. The van der Waals surface area contributed by atoms with Gasteiger partial charge in [0.2, 0.25) is 5.95 Å². The first kappa shape index (κ1) is 13.3. The number of hydrogen-bond donors (Lipinski definition) is 1. The van der Waals surface area contributed by atoms with E-state index in [0.717, 1.165) is 5.56 Å². The fourth-order valence-electron chi connectivity index (χ4n) is 1.53. The van der Waals surface area contributed by atoms with E-state index in [2.05, 4.69) is 15.3 Å². The molecule has 2 rings (SSSR count). The predicted molar refractivity (Wildman–Crippen MR) is 72.7 cm³/mol. The monoisotopic (exact) mass is 277 g/mol. The lowest BCUT2D eigenvalue weighted by Crippen LogP contribution is -2.14. The molecule has 0 radical (unpaired) electrons. The summed E-state index contributed by atoms with van der Waals surface area (Å²) < 4.78 is 5.17. The van der Waals surface area contributed by atoms with Crippen LogP contribution in [0.3, 0.4) is 0 Å². The molecule has 1 N–H and O–H groups in total. The summed E-state index contributed by atoms with van der Waals surface area (Å²) in [6.45, 7) is 1.90. The first-order valence-electron chi connectivity index (χ1n) is 5.54. The van der Waals surface area contributed by atoms with Crippen molar-refractivity contribution in [3.05, 3.63) is 46.7 Å². The van der Waals surface area contributed by atoms with Crippen molar-refractivity contribution in [2.24, 2.45) is 0 Å². The molecule has 0 saturated carbocycles. The summed E-state index contributed by atoms with van der Waals surface area (Å²) in [5.74, 6) is 0.497. The van der Waals surface area contributed by atoms with Crippen LogP contribution in [0.4, 0.5) is 5.95 Å². The lowest BCUT2D eigenvalue weighted by atomic mass is 10.1. The lowest BCUT2D eigenvalue weighted by molar-refractivity contribution is 0.102. The summed E-state index contributed by atoms with van der Waals surface area (Å²) in [5, 5.41) is 2.84. The molecule has 1 aromatic heterocycles. The highest BCUT2D eigenvalue weighted by Gasteiger charge is 2.10. The average molecular weight is 278 g/mol. The van der Waals surface area contributed by atoms with Crippen LogP contribution in [-0.4, -0.2) is 23.0 Å². The van der Waals surface area contributed by atoms with E-state index in [4.69, 9.17) is 16.3 Å². The van der Waals surface area contributed by atoms with Crippen LogP contribution in [0.1, 0.15) is 15.9 Å². The second-order valence-electron chi connectivity index (χ2n) is 3.84. The van der Waals surface area contributed by atoms with Gasteiger partial charge in [-0.25, -0.2) is 9.97 Å². The van der Waals surface area contributed by atoms with Gasteiger partial charge < -0.3 is 4.74 Å². The van der Waals surface area contributed by atoms with Crippen LogP contribution in [-0.2, 0) is 0 Å². The van der Waals surface area contributed by atoms with Crippen molar-refractivity contribution in [3.63, 3.8) is 0 Å². The number of ether oxygens (including phenoxy) is 1. The van der Waals surface area contributed by atoms with Gasteiger partial charge in [0.05, 0.1) is 7.11 Å². The number of hydrogen-bond acceptors (Lipinski definition) is 4. The van der Waals surface area contributed by atoms with Gasteiger partial charge in [-0.05, 0) is 30.7 Å². The van der Waals surface area contributed by atoms with E-state index >= 15 is 0 Å². The van der Waals surface area contributed by atoms with Gasteiger partial charge in [0, 0.05) is 11.8 Å². The Bertz CT molecular complexity index is 617. The topological polar surface area (TPSA) is 64.1 Å². The van der Waals surface area contributed by atoms with Gasteiger partial charge in [-0.1, -0.05) is 17.7 Å². The smallest absolute Gasteiger partial charge is 0.258 e. The number of carbonyl (C=O) groups excluding carboxylic acids is 1. The van der Waals surface area contributed by atoms with Gasteiger partial charge >= 0.3 is 0 Å². The summed E-state index contributed by atoms with van der Waals surface area (Å²) in [4.78, 5) is 19.8. The van der Waals surface area contributed by atoms with E-state index in [1.165, 1.54) is 12.3 Å². The highest BCUT2D eigenvalue weighted by Crippen LogP contribution is 2.19. The Morgan fingerprint density at radius 2 is 2.16 bits per heavy atom. The highest BCUT2D eigenvalue weighted by atomic mass is 35.5. The van der Waals surface area contributed by atoms with Crippen molar-refractivity contribution >= 4 is 23.5 Å². The summed E-state index contributed by atoms with van der Waals surface area (Å²) >= 11 is 5.72. The number of aryl methyl sites for hydroxylation is 1. The zero-order valence-corrected chi connectivity index (χ0v) is 11.2. The molecule has 0 aliphatic rings. The maximum atomic E-state index is 12.0. The van der Waals surface area contributed by atoms with Gasteiger partial charge in [0.25, 0.3) is 5.91 Å². The van der Waals surface area contributed by atoms with E-state index < -0.39 is 0 Å². The Morgan fingerprint density at radius 1 is 1.37 bits per heavy atom.